The summed E-state index contributed by atoms with van der Waals surface area (Å²) in [6.45, 7) is 4.22. The normalized spacial score (nSPS) is 12.4. The molecule has 2 aromatic carbocycles. The molecule has 0 aliphatic heterocycles. The maximum absolute atomic E-state index is 10.3. The summed E-state index contributed by atoms with van der Waals surface area (Å²) in [4.78, 5) is 0. The van der Waals surface area contributed by atoms with Crippen LogP contribution in [0.1, 0.15) is 41.7 Å². The van der Waals surface area contributed by atoms with Gasteiger partial charge in [-0.05, 0) is 30.0 Å². The highest BCUT2D eigenvalue weighted by Gasteiger charge is 2.09. The van der Waals surface area contributed by atoms with Gasteiger partial charge in [0.1, 0.15) is 6.10 Å². The number of hydrogen-bond acceptors (Lipinski definition) is 1. The van der Waals surface area contributed by atoms with Gasteiger partial charge >= 0.3 is 0 Å². The van der Waals surface area contributed by atoms with Gasteiger partial charge in [0.25, 0.3) is 0 Å². The van der Waals surface area contributed by atoms with Crippen LogP contribution in [-0.2, 0) is 6.42 Å². The first-order valence-electron chi connectivity index (χ1n) is 6.54. The van der Waals surface area contributed by atoms with Crippen molar-refractivity contribution in [2.45, 2.75) is 32.8 Å². The molecule has 1 atom stereocenters. The van der Waals surface area contributed by atoms with Gasteiger partial charge in [0.05, 0.1) is 0 Å². The van der Waals surface area contributed by atoms with Crippen LogP contribution in [0.5, 0.6) is 0 Å². The van der Waals surface area contributed by atoms with Gasteiger partial charge in [0.15, 0.2) is 0 Å². The molecule has 2 rings (SSSR count). The quantitative estimate of drug-likeness (QED) is 0.855. The van der Waals surface area contributed by atoms with Crippen molar-refractivity contribution in [3.63, 3.8) is 0 Å². The molecule has 0 fully saturated rings. The Hall–Kier alpha value is -1.60. The Labute approximate surface area is 109 Å². The Morgan fingerprint density at radius 2 is 1.72 bits per heavy atom. The van der Waals surface area contributed by atoms with Crippen molar-refractivity contribution >= 4 is 0 Å². The highest BCUT2D eigenvalue weighted by molar-refractivity contribution is 5.33. The van der Waals surface area contributed by atoms with Crippen LogP contribution < -0.4 is 0 Å². The fraction of sp³-hybridized carbons (Fsp3) is 0.294. The number of benzene rings is 2. The average molecular weight is 240 g/mol. The lowest BCUT2D eigenvalue weighted by molar-refractivity contribution is 0.220. The molecular formula is C17H20O. The molecule has 0 aliphatic rings. The second kappa shape index (κ2) is 5.83. The molecule has 1 heteroatoms. The summed E-state index contributed by atoms with van der Waals surface area (Å²) in [5.41, 5.74) is 4.42. The van der Waals surface area contributed by atoms with Crippen LogP contribution in [0.2, 0.25) is 0 Å². The summed E-state index contributed by atoms with van der Waals surface area (Å²) in [5, 5.41) is 10.3. The predicted molar refractivity (Wildman–Crippen MR) is 75.7 cm³/mol. The fourth-order valence-corrected chi connectivity index (χ4v) is 2.19. The van der Waals surface area contributed by atoms with E-state index in [4.69, 9.17) is 0 Å². The van der Waals surface area contributed by atoms with Crippen molar-refractivity contribution in [2.24, 2.45) is 0 Å². The summed E-state index contributed by atoms with van der Waals surface area (Å²) < 4.78 is 0. The van der Waals surface area contributed by atoms with E-state index in [0.717, 1.165) is 24.0 Å². The minimum Gasteiger partial charge on any atom is -0.384 e. The summed E-state index contributed by atoms with van der Waals surface area (Å²) in [5.74, 6) is 0. The lowest BCUT2D eigenvalue weighted by Gasteiger charge is -2.12. The smallest absolute Gasteiger partial charge is 0.104 e. The molecule has 0 saturated carbocycles. The Morgan fingerprint density at radius 3 is 2.33 bits per heavy atom. The van der Waals surface area contributed by atoms with Crippen LogP contribution in [-0.4, -0.2) is 5.11 Å². The van der Waals surface area contributed by atoms with Gasteiger partial charge in [-0.15, -0.1) is 0 Å². The summed E-state index contributed by atoms with van der Waals surface area (Å²) >= 11 is 0. The molecule has 18 heavy (non-hydrogen) atoms. The zero-order valence-electron chi connectivity index (χ0n) is 11.1. The van der Waals surface area contributed by atoms with E-state index < -0.39 is 6.10 Å². The zero-order chi connectivity index (χ0) is 13.0. The third-order valence-corrected chi connectivity index (χ3v) is 3.19. The van der Waals surface area contributed by atoms with Crippen molar-refractivity contribution in [1.29, 1.82) is 0 Å². The van der Waals surface area contributed by atoms with E-state index in [1.807, 2.05) is 43.3 Å². The number of aliphatic hydroxyl groups is 1. The van der Waals surface area contributed by atoms with Crippen molar-refractivity contribution in [1.82, 2.24) is 0 Å². The van der Waals surface area contributed by atoms with Crippen molar-refractivity contribution in [2.75, 3.05) is 0 Å². The molecule has 2 aromatic rings. The molecule has 1 N–H and O–H groups in total. The Bertz CT molecular complexity index is 499. The molecule has 0 aromatic heterocycles. The summed E-state index contributed by atoms with van der Waals surface area (Å²) in [6.07, 6.45) is 1.72. The van der Waals surface area contributed by atoms with Crippen molar-refractivity contribution in [3.05, 3.63) is 70.8 Å². The van der Waals surface area contributed by atoms with E-state index in [0.29, 0.717) is 0 Å². The van der Waals surface area contributed by atoms with E-state index in [2.05, 4.69) is 19.1 Å². The van der Waals surface area contributed by atoms with Gasteiger partial charge in [-0.2, -0.15) is 0 Å². The molecule has 0 bridgehead atoms. The van der Waals surface area contributed by atoms with Crippen LogP contribution in [0, 0.1) is 6.92 Å². The molecule has 94 valence electrons. The Morgan fingerprint density at radius 1 is 1.00 bits per heavy atom. The second-order valence-electron chi connectivity index (χ2n) is 4.81. The van der Waals surface area contributed by atoms with Crippen LogP contribution >= 0.6 is 0 Å². The Kier molecular flexibility index (Phi) is 4.16. The van der Waals surface area contributed by atoms with Crippen LogP contribution in [0.4, 0.5) is 0 Å². The summed E-state index contributed by atoms with van der Waals surface area (Å²) in [6, 6.07) is 16.3. The lowest BCUT2D eigenvalue weighted by Crippen LogP contribution is -2.00. The standard InChI is InChI=1S/C17H20O/c1-3-5-14-8-10-15(11-9-14)17(18)16-7-4-6-13(2)12-16/h4,6-12,17-18H,3,5H2,1-2H3. The summed E-state index contributed by atoms with van der Waals surface area (Å²) in [7, 11) is 0. The minimum absolute atomic E-state index is 0.527. The first kappa shape index (κ1) is 12.8. The van der Waals surface area contributed by atoms with Crippen LogP contribution in [0.3, 0.4) is 0 Å². The largest absolute Gasteiger partial charge is 0.384 e. The third-order valence-electron chi connectivity index (χ3n) is 3.19. The zero-order valence-corrected chi connectivity index (χ0v) is 11.1. The maximum Gasteiger partial charge on any atom is 0.104 e. The highest BCUT2D eigenvalue weighted by Crippen LogP contribution is 2.23. The van der Waals surface area contributed by atoms with Crippen LogP contribution in [0.15, 0.2) is 48.5 Å². The Balaban J connectivity index is 2.20. The van der Waals surface area contributed by atoms with Gasteiger partial charge < -0.3 is 5.11 Å². The van der Waals surface area contributed by atoms with Gasteiger partial charge in [-0.3, -0.25) is 0 Å². The van der Waals surface area contributed by atoms with E-state index in [1.54, 1.807) is 0 Å². The molecule has 0 spiro atoms. The predicted octanol–water partition coefficient (Wildman–Crippen LogP) is 4.03. The highest BCUT2D eigenvalue weighted by atomic mass is 16.3. The molecule has 0 radical (unpaired) electrons. The van der Waals surface area contributed by atoms with Crippen molar-refractivity contribution in [3.8, 4) is 0 Å². The molecule has 0 saturated heterocycles. The first-order chi connectivity index (χ1) is 8.70. The molecule has 0 aliphatic carbocycles. The van der Waals surface area contributed by atoms with Gasteiger partial charge in [0.2, 0.25) is 0 Å². The molecule has 0 amide bonds. The fourth-order valence-electron chi connectivity index (χ4n) is 2.19. The van der Waals surface area contributed by atoms with Crippen molar-refractivity contribution < 1.29 is 5.11 Å². The van der Waals surface area contributed by atoms with E-state index in [9.17, 15) is 5.11 Å². The number of rotatable bonds is 4. The maximum atomic E-state index is 10.3. The van der Waals surface area contributed by atoms with E-state index in [1.165, 1.54) is 11.1 Å². The average Bonchev–Trinajstić information content (AvgIpc) is 2.39. The lowest BCUT2D eigenvalue weighted by atomic mass is 9.98. The molecule has 0 heterocycles. The topological polar surface area (TPSA) is 20.2 Å². The molecule has 1 nitrogen and oxygen atoms in total. The number of aryl methyl sites for hydroxylation is 2. The first-order valence-corrected chi connectivity index (χ1v) is 6.54. The van der Waals surface area contributed by atoms with Gasteiger partial charge in [-0.1, -0.05) is 67.4 Å². The molecular weight excluding hydrogens is 220 g/mol. The van der Waals surface area contributed by atoms with Gasteiger partial charge in [0, 0.05) is 0 Å². The number of aliphatic hydroxyl groups excluding tert-OH is 1. The van der Waals surface area contributed by atoms with E-state index in [-0.39, 0.29) is 0 Å². The minimum atomic E-state index is -0.527. The van der Waals surface area contributed by atoms with E-state index >= 15 is 0 Å². The number of hydrogen-bond donors (Lipinski definition) is 1. The third kappa shape index (κ3) is 2.99. The second-order valence-corrected chi connectivity index (χ2v) is 4.81. The van der Waals surface area contributed by atoms with Crippen LogP contribution in [0.25, 0.3) is 0 Å². The SMILES string of the molecule is CCCc1ccc(C(O)c2cccc(C)c2)cc1. The molecule has 1 unspecified atom stereocenters. The van der Waals surface area contributed by atoms with Gasteiger partial charge in [-0.25, -0.2) is 0 Å². The monoisotopic (exact) mass is 240 g/mol.